The van der Waals surface area contributed by atoms with Crippen molar-refractivity contribution in [3.63, 3.8) is 0 Å². The van der Waals surface area contributed by atoms with Crippen LogP contribution in [0.5, 0.6) is 0 Å². The van der Waals surface area contributed by atoms with Crippen LogP contribution in [0.4, 0.5) is 0 Å². The Balaban J connectivity index is 0.000000409. The zero-order valence-corrected chi connectivity index (χ0v) is 10.8. The van der Waals surface area contributed by atoms with E-state index < -0.39 is 0 Å². The number of rotatable bonds is 1. The van der Waals surface area contributed by atoms with Gasteiger partial charge in [0.1, 0.15) is 5.69 Å². The molecule has 0 amide bonds. The minimum atomic E-state index is 0.250. The van der Waals surface area contributed by atoms with Crippen LogP contribution in [0.25, 0.3) is 33.5 Å². The molecule has 0 saturated heterocycles. The van der Waals surface area contributed by atoms with E-state index >= 15 is 0 Å². The third-order valence-electron chi connectivity index (χ3n) is 3.08. The van der Waals surface area contributed by atoms with Gasteiger partial charge >= 0.3 is 6.15 Å². The van der Waals surface area contributed by atoms with E-state index in [0.717, 1.165) is 33.5 Å². The fourth-order valence-corrected chi connectivity index (χ4v) is 2.21. The van der Waals surface area contributed by atoms with Crippen molar-refractivity contribution in [2.24, 2.45) is 0 Å². The van der Waals surface area contributed by atoms with Crippen molar-refractivity contribution in [1.82, 2.24) is 20.2 Å². The fraction of sp³-hybridized carbons (Fsp3) is 0. The van der Waals surface area contributed by atoms with Crippen LogP contribution >= 0.6 is 0 Å². The third kappa shape index (κ3) is 2.31. The van der Waals surface area contributed by atoms with Gasteiger partial charge in [-0.15, -0.1) is 0 Å². The normalized spacial score (nSPS) is 10.1. The van der Waals surface area contributed by atoms with Crippen LogP contribution in [0.1, 0.15) is 0 Å². The number of aromatic nitrogens is 4. The third-order valence-corrected chi connectivity index (χ3v) is 3.08. The summed E-state index contributed by atoms with van der Waals surface area (Å²) in [6.07, 6.45) is 0.250. The first kappa shape index (κ1) is 12.8. The SMILES string of the molecule is O=C=O.c1ccc2[nH]c(-c3n[nH]c4ccccc34)nc2c1. The predicted octanol–water partition coefficient (Wildman–Crippen LogP) is 2.52. The molecule has 6 nitrogen and oxygen atoms in total. The zero-order chi connectivity index (χ0) is 14.7. The predicted molar refractivity (Wildman–Crippen MR) is 76.2 cm³/mol. The lowest BCUT2D eigenvalue weighted by Crippen LogP contribution is -1.80. The van der Waals surface area contributed by atoms with E-state index in [4.69, 9.17) is 9.59 Å². The Hall–Kier alpha value is -3.24. The summed E-state index contributed by atoms with van der Waals surface area (Å²) in [6.45, 7) is 0. The molecule has 0 atom stereocenters. The summed E-state index contributed by atoms with van der Waals surface area (Å²) in [5.41, 5.74) is 3.87. The van der Waals surface area contributed by atoms with E-state index in [1.165, 1.54) is 0 Å². The summed E-state index contributed by atoms with van der Waals surface area (Å²) in [4.78, 5) is 24.1. The molecule has 4 rings (SSSR count). The largest absolute Gasteiger partial charge is 0.373 e. The summed E-state index contributed by atoms with van der Waals surface area (Å²) in [5.74, 6) is 0.800. The number of carbonyl (C=O) groups excluding carboxylic acids is 2. The van der Waals surface area contributed by atoms with Crippen LogP contribution in [-0.2, 0) is 9.59 Å². The second-order valence-electron chi connectivity index (χ2n) is 4.30. The number of imidazole rings is 1. The van der Waals surface area contributed by atoms with E-state index in [9.17, 15) is 0 Å². The average molecular weight is 278 g/mol. The number of fused-ring (bicyclic) bond motifs is 2. The minimum absolute atomic E-state index is 0.250. The van der Waals surface area contributed by atoms with Crippen LogP contribution in [0, 0.1) is 0 Å². The Kier molecular flexibility index (Phi) is 3.29. The number of aromatic amines is 2. The minimum Gasteiger partial charge on any atom is -0.337 e. The van der Waals surface area contributed by atoms with Crippen molar-refractivity contribution in [2.75, 3.05) is 0 Å². The number of hydrogen-bond acceptors (Lipinski definition) is 4. The molecule has 0 aliphatic carbocycles. The van der Waals surface area contributed by atoms with E-state index in [1.54, 1.807) is 0 Å². The van der Waals surface area contributed by atoms with Crippen molar-refractivity contribution in [2.45, 2.75) is 0 Å². The molecular formula is C15H10N4O2. The van der Waals surface area contributed by atoms with Crippen molar-refractivity contribution >= 4 is 28.1 Å². The molecule has 0 saturated carbocycles. The standard InChI is InChI=1S/C14H10N4.CO2/c1-2-6-10-9(5-1)13(18-17-10)14-15-11-7-3-4-8-12(11)16-14;2-1-3/h1-8H,(H,15,16)(H,17,18);. The Morgan fingerprint density at radius 2 is 1.57 bits per heavy atom. The molecule has 6 heteroatoms. The van der Waals surface area contributed by atoms with Gasteiger partial charge in [-0.25, -0.2) is 4.98 Å². The first-order valence-electron chi connectivity index (χ1n) is 6.21. The molecule has 0 fully saturated rings. The molecule has 102 valence electrons. The van der Waals surface area contributed by atoms with Gasteiger partial charge in [-0.2, -0.15) is 14.7 Å². The summed E-state index contributed by atoms with van der Waals surface area (Å²) >= 11 is 0. The van der Waals surface area contributed by atoms with Gasteiger partial charge in [-0.1, -0.05) is 30.3 Å². The zero-order valence-electron chi connectivity index (χ0n) is 10.8. The number of nitrogens with one attached hydrogen (secondary N) is 2. The quantitative estimate of drug-likeness (QED) is 0.559. The summed E-state index contributed by atoms with van der Waals surface area (Å²) < 4.78 is 0. The topological polar surface area (TPSA) is 91.5 Å². The highest BCUT2D eigenvalue weighted by Gasteiger charge is 2.11. The monoisotopic (exact) mass is 278 g/mol. The first-order chi connectivity index (χ1) is 10.3. The van der Waals surface area contributed by atoms with Gasteiger partial charge in [0.15, 0.2) is 5.82 Å². The van der Waals surface area contributed by atoms with E-state index in [0.29, 0.717) is 0 Å². The van der Waals surface area contributed by atoms with E-state index in [1.807, 2.05) is 48.5 Å². The lowest BCUT2D eigenvalue weighted by Gasteiger charge is -1.90. The second kappa shape index (κ2) is 5.40. The van der Waals surface area contributed by atoms with Gasteiger partial charge < -0.3 is 4.98 Å². The number of H-pyrrole nitrogens is 2. The number of para-hydroxylation sites is 3. The van der Waals surface area contributed by atoms with Crippen LogP contribution < -0.4 is 0 Å². The molecule has 2 aromatic carbocycles. The summed E-state index contributed by atoms with van der Waals surface area (Å²) in [5, 5.41) is 8.44. The van der Waals surface area contributed by atoms with Gasteiger partial charge in [0.2, 0.25) is 0 Å². The Morgan fingerprint density at radius 1 is 0.905 bits per heavy atom. The van der Waals surface area contributed by atoms with Crippen molar-refractivity contribution in [1.29, 1.82) is 0 Å². The molecular weight excluding hydrogens is 268 g/mol. The molecule has 0 spiro atoms. The van der Waals surface area contributed by atoms with Crippen molar-refractivity contribution in [3.05, 3.63) is 48.5 Å². The molecule has 0 bridgehead atoms. The van der Waals surface area contributed by atoms with Gasteiger partial charge in [0.25, 0.3) is 0 Å². The maximum Gasteiger partial charge on any atom is 0.373 e. The molecule has 2 aromatic heterocycles. The maximum atomic E-state index is 8.12. The lowest BCUT2D eigenvalue weighted by atomic mass is 10.2. The van der Waals surface area contributed by atoms with Crippen LogP contribution in [0.2, 0.25) is 0 Å². The van der Waals surface area contributed by atoms with Gasteiger partial charge in [-0.05, 0) is 18.2 Å². The van der Waals surface area contributed by atoms with Crippen LogP contribution in [0.15, 0.2) is 48.5 Å². The average Bonchev–Trinajstić information content (AvgIpc) is 3.11. The molecule has 21 heavy (non-hydrogen) atoms. The summed E-state index contributed by atoms with van der Waals surface area (Å²) in [7, 11) is 0. The number of hydrogen-bond donors (Lipinski definition) is 2. The lowest BCUT2D eigenvalue weighted by molar-refractivity contribution is -0.191. The Labute approximate surface area is 118 Å². The molecule has 0 aliphatic rings. The van der Waals surface area contributed by atoms with E-state index in [-0.39, 0.29) is 6.15 Å². The molecule has 2 heterocycles. The van der Waals surface area contributed by atoms with Crippen molar-refractivity contribution < 1.29 is 9.59 Å². The second-order valence-corrected chi connectivity index (χ2v) is 4.30. The first-order valence-corrected chi connectivity index (χ1v) is 6.21. The van der Waals surface area contributed by atoms with Crippen LogP contribution in [0.3, 0.4) is 0 Å². The Morgan fingerprint density at radius 3 is 2.33 bits per heavy atom. The fourth-order valence-electron chi connectivity index (χ4n) is 2.21. The number of nitrogens with zero attached hydrogens (tertiary/aromatic N) is 2. The summed E-state index contributed by atoms with van der Waals surface area (Å²) in [6, 6.07) is 16.0. The molecule has 4 aromatic rings. The molecule has 2 N–H and O–H groups in total. The highest BCUT2D eigenvalue weighted by Crippen LogP contribution is 2.25. The van der Waals surface area contributed by atoms with E-state index in [2.05, 4.69) is 20.2 Å². The van der Waals surface area contributed by atoms with Crippen LogP contribution in [-0.4, -0.2) is 26.3 Å². The maximum absolute atomic E-state index is 8.12. The van der Waals surface area contributed by atoms with Crippen molar-refractivity contribution in [3.8, 4) is 11.5 Å². The van der Waals surface area contributed by atoms with Gasteiger partial charge in [-0.3, -0.25) is 5.10 Å². The van der Waals surface area contributed by atoms with Gasteiger partial charge in [0.05, 0.1) is 16.6 Å². The Bertz CT molecular complexity index is 900. The molecule has 0 unspecified atom stereocenters. The van der Waals surface area contributed by atoms with Gasteiger partial charge in [0, 0.05) is 5.39 Å². The highest BCUT2D eigenvalue weighted by molar-refractivity contribution is 5.92. The number of benzene rings is 2. The molecule has 0 aliphatic heterocycles. The highest BCUT2D eigenvalue weighted by atomic mass is 16.2. The molecule has 0 radical (unpaired) electrons. The smallest absolute Gasteiger partial charge is 0.337 e.